The van der Waals surface area contributed by atoms with Crippen molar-refractivity contribution in [3.63, 3.8) is 0 Å². The second kappa shape index (κ2) is 6.87. The van der Waals surface area contributed by atoms with Crippen LogP contribution in [0.2, 0.25) is 0 Å². The van der Waals surface area contributed by atoms with Gasteiger partial charge in [-0.25, -0.2) is 4.98 Å². The number of halogens is 1. The van der Waals surface area contributed by atoms with E-state index in [-0.39, 0.29) is 0 Å². The van der Waals surface area contributed by atoms with Gasteiger partial charge in [0.2, 0.25) is 0 Å². The van der Waals surface area contributed by atoms with Crippen molar-refractivity contribution in [3.05, 3.63) is 22.8 Å². The van der Waals surface area contributed by atoms with E-state index < -0.39 is 10.1 Å². The van der Waals surface area contributed by atoms with Crippen LogP contribution in [0.1, 0.15) is 19.3 Å². The van der Waals surface area contributed by atoms with Gasteiger partial charge in [0.05, 0.1) is 12.9 Å². The number of nitrogens with zero attached hydrogens (tertiary/aromatic N) is 2. The average molecular weight is 363 g/mol. The predicted molar refractivity (Wildman–Crippen MR) is 82.3 cm³/mol. The molecule has 1 aliphatic rings. The van der Waals surface area contributed by atoms with E-state index in [2.05, 4.69) is 25.8 Å². The quantitative estimate of drug-likeness (QED) is 0.594. The molecule has 1 aliphatic heterocycles. The number of hydrogen-bond donors (Lipinski definition) is 0. The van der Waals surface area contributed by atoms with Gasteiger partial charge in [0.25, 0.3) is 10.1 Å². The Labute approximate surface area is 128 Å². The summed E-state index contributed by atoms with van der Waals surface area (Å²) >= 11 is 3.38. The van der Waals surface area contributed by atoms with Crippen molar-refractivity contribution in [2.24, 2.45) is 5.92 Å². The van der Waals surface area contributed by atoms with Crippen LogP contribution in [-0.4, -0.2) is 39.4 Å². The summed E-state index contributed by atoms with van der Waals surface area (Å²) < 4.78 is 27.4. The van der Waals surface area contributed by atoms with Gasteiger partial charge in [-0.1, -0.05) is 6.07 Å². The molecule has 1 fully saturated rings. The minimum Gasteiger partial charge on any atom is -0.357 e. The van der Waals surface area contributed by atoms with Crippen LogP contribution in [0.25, 0.3) is 0 Å². The third-order valence-electron chi connectivity index (χ3n) is 3.46. The second-order valence-electron chi connectivity index (χ2n) is 5.06. The van der Waals surface area contributed by atoms with E-state index in [9.17, 15) is 8.42 Å². The highest BCUT2D eigenvalue weighted by atomic mass is 79.9. The van der Waals surface area contributed by atoms with Crippen LogP contribution in [0.4, 0.5) is 5.82 Å². The maximum absolute atomic E-state index is 10.9. The molecule has 0 amide bonds. The number of aromatic nitrogens is 1. The molecule has 1 aromatic heterocycles. The molecule has 7 heteroatoms. The number of rotatable bonds is 5. The fourth-order valence-electron chi connectivity index (χ4n) is 2.39. The number of piperidine rings is 1. The molecule has 5 nitrogen and oxygen atoms in total. The summed E-state index contributed by atoms with van der Waals surface area (Å²) in [6.07, 6.45) is 3.98. The molecule has 0 N–H and O–H groups in total. The third kappa shape index (κ3) is 5.03. The van der Waals surface area contributed by atoms with Crippen molar-refractivity contribution in [1.82, 2.24) is 4.98 Å². The Morgan fingerprint density at radius 1 is 1.40 bits per heavy atom. The maximum atomic E-state index is 10.9. The molecule has 2 heterocycles. The first kappa shape index (κ1) is 15.7. The first-order chi connectivity index (χ1) is 9.44. The van der Waals surface area contributed by atoms with Crippen LogP contribution in [0.3, 0.4) is 0 Å². The highest BCUT2D eigenvalue weighted by Crippen LogP contribution is 2.25. The summed E-state index contributed by atoms with van der Waals surface area (Å²) in [4.78, 5) is 6.72. The Balaban J connectivity index is 1.78. The molecular formula is C13H19BrN2O3S. The van der Waals surface area contributed by atoms with E-state index in [1.165, 1.54) is 0 Å². The van der Waals surface area contributed by atoms with Crippen LogP contribution in [0.15, 0.2) is 22.8 Å². The minimum absolute atomic E-state index is 0.290. The van der Waals surface area contributed by atoms with E-state index in [4.69, 9.17) is 4.18 Å². The van der Waals surface area contributed by atoms with Crippen molar-refractivity contribution in [2.45, 2.75) is 19.3 Å². The van der Waals surface area contributed by atoms with Gasteiger partial charge in [0, 0.05) is 13.1 Å². The summed E-state index contributed by atoms with van der Waals surface area (Å²) in [5, 5.41) is 0. The molecule has 0 atom stereocenters. The molecular weight excluding hydrogens is 344 g/mol. The van der Waals surface area contributed by atoms with Crippen molar-refractivity contribution in [1.29, 1.82) is 0 Å². The van der Waals surface area contributed by atoms with E-state index in [1.54, 1.807) is 0 Å². The number of pyridine rings is 1. The monoisotopic (exact) mass is 362 g/mol. The van der Waals surface area contributed by atoms with Gasteiger partial charge >= 0.3 is 0 Å². The lowest BCUT2D eigenvalue weighted by molar-refractivity contribution is 0.264. The molecule has 0 unspecified atom stereocenters. The van der Waals surface area contributed by atoms with Crippen molar-refractivity contribution in [3.8, 4) is 0 Å². The fourth-order valence-corrected chi connectivity index (χ4v) is 3.12. The SMILES string of the molecule is CS(=O)(=O)OCCC1CCN(c2cccc(Br)n2)CC1. The van der Waals surface area contributed by atoms with Crippen molar-refractivity contribution < 1.29 is 12.6 Å². The van der Waals surface area contributed by atoms with E-state index in [0.29, 0.717) is 12.5 Å². The zero-order valence-corrected chi connectivity index (χ0v) is 13.9. The van der Waals surface area contributed by atoms with Gasteiger partial charge in [0.15, 0.2) is 0 Å². The average Bonchev–Trinajstić information content (AvgIpc) is 2.38. The standard InChI is InChI=1S/C13H19BrN2O3S/c1-20(17,18)19-10-7-11-5-8-16(9-6-11)13-4-2-3-12(14)15-13/h2-4,11H,5-10H2,1H3. The molecule has 0 saturated carbocycles. The number of anilines is 1. The predicted octanol–water partition coefficient (Wildman–Crippen LogP) is 2.43. The van der Waals surface area contributed by atoms with Gasteiger partial charge in [-0.2, -0.15) is 8.42 Å². The lowest BCUT2D eigenvalue weighted by Gasteiger charge is -2.32. The first-order valence-corrected chi connectivity index (χ1v) is 9.27. The summed E-state index contributed by atoms with van der Waals surface area (Å²) in [7, 11) is -3.31. The van der Waals surface area contributed by atoms with E-state index >= 15 is 0 Å². The molecule has 1 saturated heterocycles. The lowest BCUT2D eigenvalue weighted by atomic mass is 9.94. The van der Waals surface area contributed by atoms with Crippen molar-refractivity contribution >= 4 is 31.9 Å². The Morgan fingerprint density at radius 3 is 2.70 bits per heavy atom. The Kier molecular flexibility index (Phi) is 5.40. The minimum atomic E-state index is -3.31. The van der Waals surface area contributed by atoms with Gasteiger partial charge in [0.1, 0.15) is 10.4 Å². The first-order valence-electron chi connectivity index (χ1n) is 6.66. The van der Waals surface area contributed by atoms with Crippen LogP contribution in [0, 0.1) is 5.92 Å². The lowest BCUT2D eigenvalue weighted by Crippen LogP contribution is -2.34. The highest BCUT2D eigenvalue weighted by Gasteiger charge is 2.20. The zero-order chi connectivity index (χ0) is 14.6. The molecule has 0 aliphatic carbocycles. The van der Waals surface area contributed by atoms with E-state index in [1.807, 2.05) is 18.2 Å². The summed E-state index contributed by atoms with van der Waals surface area (Å²) in [5.74, 6) is 1.52. The molecule has 2 rings (SSSR count). The second-order valence-corrected chi connectivity index (χ2v) is 7.52. The largest absolute Gasteiger partial charge is 0.357 e. The summed E-state index contributed by atoms with van der Waals surface area (Å²) in [6.45, 7) is 2.19. The molecule has 0 bridgehead atoms. The van der Waals surface area contributed by atoms with Crippen molar-refractivity contribution in [2.75, 3.05) is 30.9 Å². The van der Waals surface area contributed by atoms with Crippen LogP contribution in [0.5, 0.6) is 0 Å². The third-order valence-corrected chi connectivity index (χ3v) is 4.50. The smallest absolute Gasteiger partial charge is 0.264 e. The Hall–Kier alpha value is -0.660. The zero-order valence-electron chi connectivity index (χ0n) is 11.5. The normalized spacial score (nSPS) is 17.4. The van der Waals surface area contributed by atoms with Crippen LogP contribution < -0.4 is 4.90 Å². The van der Waals surface area contributed by atoms with Gasteiger partial charge in [-0.15, -0.1) is 0 Å². The molecule has 1 aromatic rings. The van der Waals surface area contributed by atoms with Gasteiger partial charge < -0.3 is 4.90 Å². The van der Waals surface area contributed by atoms with Gasteiger partial charge in [-0.05, 0) is 53.2 Å². The summed E-state index contributed by atoms with van der Waals surface area (Å²) in [5.41, 5.74) is 0. The Morgan fingerprint density at radius 2 is 2.10 bits per heavy atom. The maximum Gasteiger partial charge on any atom is 0.264 e. The highest BCUT2D eigenvalue weighted by molar-refractivity contribution is 9.10. The molecule has 112 valence electrons. The fraction of sp³-hybridized carbons (Fsp3) is 0.615. The Bertz CT molecular complexity index is 542. The summed E-state index contributed by atoms with van der Waals surface area (Å²) in [6, 6.07) is 5.91. The molecule has 0 radical (unpaired) electrons. The molecule has 20 heavy (non-hydrogen) atoms. The molecule has 0 aromatic carbocycles. The van der Waals surface area contributed by atoms with Crippen LogP contribution >= 0.6 is 15.9 Å². The number of hydrogen-bond acceptors (Lipinski definition) is 5. The van der Waals surface area contributed by atoms with Crippen LogP contribution in [-0.2, 0) is 14.3 Å². The van der Waals surface area contributed by atoms with E-state index in [0.717, 1.165) is 49.0 Å². The van der Waals surface area contributed by atoms with Gasteiger partial charge in [-0.3, -0.25) is 4.18 Å². The topological polar surface area (TPSA) is 59.5 Å². The molecule has 0 spiro atoms.